The first-order chi connectivity index (χ1) is 17.9. The van der Waals surface area contributed by atoms with E-state index in [0.29, 0.717) is 31.7 Å². The van der Waals surface area contributed by atoms with Gasteiger partial charge in [-0.1, -0.05) is 61.1 Å². The van der Waals surface area contributed by atoms with Crippen molar-refractivity contribution in [3.8, 4) is 0 Å². The van der Waals surface area contributed by atoms with Crippen LogP contribution in [0.4, 0.5) is 13.6 Å². The Morgan fingerprint density at radius 2 is 1.76 bits per heavy atom. The van der Waals surface area contributed by atoms with Crippen LogP contribution in [0.15, 0.2) is 78.4 Å². The van der Waals surface area contributed by atoms with Crippen molar-refractivity contribution in [1.29, 1.82) is 0 Å². The van der Waals surface area contributed by atoms with Gasteiger partial charge in [0, 0.05) is 32.4 Å². The molecule has 2 N–H and O–H groups in total. The number of likely N-dealkylation sites (tertiary alicyclic amines) is 1. The maximum absolute atomic E-state index is 13.6. The lowest BCUT2D eigenvalue weighted by atomic mass is 9.81. The Bertz CT molecular complexity index is 1110. The molecule has 2 aromatic carbocycles. The third-order valence-corrected chi connectivity index (χ3v) is 7.14. The van der Waals surface area contributed by atoms with Crippen molar-refractivity contribution < 1.29 is 18.3 Å². The van der Waals surface area contributed by atoms with Crippen LogP contribution in [0, 0.1) is 30.4 Å². The third-order valence-electron chi connectivity index (χ3n) is 7.14. The van der Waals surface area contributed by atoms with Gasteiger partial charge in [0.25, 0.3) is 0 Å². The Morgan fingerprint density at radius 1 is 1.11 bits per heavy atom. The van der Waals surface area contributed by atoms with Gasteiger partial charge in [-0.3, -0.25) is 4.90 Å². The second-order valence-corrected chi connectivity index (χ2v) is 9.53. The van der Waals surface area contributed by atoms with E-state index in [1.165, 1.54) is 29.8 Å². The highest BCUT2D eigenvalue weighted by atomic mass is 19.1. The molecule has 1 saturated heterocycles. The predicted octanol–water partition coefficient (Wildman–Crippen LogP) is 6.75. The minimum Gasteiger partial charge on any atom is -0.428 e. The van der Waals surface area contributed by atoms with E-state index >= 15 is 0 Å². The lowest BCUT2D eigenvalue weighted by Crippen LogP contribution is -2.57. The van der Waals surface area contributed by atoms with Crippen LogP contribution in [0.25, 0.3) is 5.57 Å². The van der Waals surface area contributed by atoms with Gasteiger partial charge in [0.2, 0.25) is 0 Å². The number of halogens is 2. The minimum atomic E-state index is -0.779. The van der Waals surface area contributed by atoms with E-state index in [1.54, 1.807) is 24.3 Å². The highest BCUT2D eigenvalue weighted by Crippen LogP contribution is 2.39. The molecule has 37 heavy (non-hydrogen) atoms. The lowest BCUT2D eigenvalue weighted by molar-refractivity contribution is -0.147. The van der Waals surface area contributed by atoms with Crippen molar-refractivity contribution in [3.05, 3.63) is 114 Å². The second-order valence-electron chi connectivity index (χ2n) is 9.53. The zero-order valence-corrected chi connectivity index (χ0v) is 21.1. The van der Waals surface area contributed by atoms with Crippen LogP contribution in [0.3, 0.4) is 0 Å². The Labute approximate surface area is 218 Å². The molecule has 2 aliphatic rings. The number of carbonyl (C=O) groups is 1. The molecule has 1 fully saturated rings. The standard InChI is InChI=1S/C31H32F2N2O2/c1-2-31(37-30(34)36)22-24(21-23-7-4-3-5-8-23)18-20-35(31)19-6-9-29(25-10-14-27(32)15-11-25)26-12-16-28(33)17-13-26/h4,7-17,24H,2,6,18-22H2,1H3,(H2,34,36). The van der Waals surface area contributed by atoms with Crippen molar-refractivity contribution in [1.82, 2.24) is 4.90 Å². The van der Waals surface area contributed by atoms with Gasteiger partial charge in [-0.2, -0.15) is 0 Å². The summed E-state index contributed by atoms with van der Waals surface area (Å²) in [7, 11) is 0. The lowest BCUT2D eigenvalue weighted by Gasteiger charge is -2.48. The number of benzene rings is 2. The quantitative estimate of drug-likeness (QED) is 0.413. The molecule has 2 aromatic rings. The zero-order chi connectivity index (χ0) is 26.3. The summed E-state index contributed by atoms with van der Waals surface area (Å²) < 4.78 is 32.9. The fourth-order valence-corrected chi connectivity index (χ4v) is 5.31. The maximum atomic E-state index is 13.6. The van der Waals surface area contributed by atoms with Gasteiger partial charge in [0.05, 0.1) is 0 Å². The van der Waals surface area contributed by atoms with E-state index in [4.69, 9.17) is 10.5 Å². The first-order valence-corrected chi connectivity index (χ1v) is 12.7. The van der Waals surface area contributed by atoms with Crippen molar-refractivity contribution in [2.24, 2.45) is 11.7 Å². The van der Waals surface area contributed by atoms with E-state index in [-0.39, 0.29) is 11.6 Å². The molecule has 2 atom stereocenters. The molecular weight excluding hydrogens is 470 g/mol. The van der Waals surface area contributed by atoms with Crippen LogP contribution in [0.5, 0.6) is 0 Å². The molecule has 1 amide bonds. The fourth-order valence-electron chi connectivity index (χ4n) is 5.31. The van der Waals surface area contributed by atoms with Gasteiger partial charge < -0.3 is 10.5 Å². The second kappa shape index (κ2) is 12.3. The van der Waals surface area contributed by atoms with Gasteiger partial charge in [0.1, 0.15) is 11.6 Å². The van der Waals surface area contributed by atoms with Gasteiger partial charge >= 0.3 is 6.09 Å². The molecule has 2 unspecified atom stereocenters. The summed E-state index contributed by atoms with van der Waals surface area (Å²) in [5.74, 6) is -0.281. The molecule has 6 heteroatoms. The number of rotatable bonds is 9. The third kappa shape index (κ3) is 6.95. The zero-order valence-electron chi connectivity index (χ0n) is 21.1. The molecule has 1 aliphatic carbocycles. The Morgan fingerprint density at radius 3 is 2.30 bits per heavy atom. The van der Waals surface area contributed by atoms with Crippen LogP contribution in [0.2, 0.25) is 0 Å². The number of nitrogens with zero attached hydrogens (tertiary/aromatic N) is 1. The van der Waals surface area contributed by atoms with Crippen molar-refractivity contribution in [2.75, 3.05) is 13.1 Å². The smallest absolute Gasteiger partial charge is 0.406 e. The van der Waals surface area contributed by atoms with E-state index in [1.807, 2.05) is 25.2 Å². The average Bonchev–Trinajstić information content (AvgIpc) is 2.89. The van der Waals surface area contributed by atoms with E-state index in [2.05, 4.69) is 23.8 Å². The largest absolute Gasteiger partial charge is 0.428 e. The first-order valence-electron chi connectivity index (χ1n) is 12.7. The SMILES string of the molecule is CCC1(OC(N)=O)CC(CC2=C[C][C]C=C2)CCN1CCC=C(c1ccc(F)cc1)c1ccc(F)cc1. The molecule has 192 valence electrons. The summed E-state index contributed by atoms with van der Waals surface area (Å²) in [5.41, 5.74) is 8.52. The van der Waals surface area contributed by atoms with Crippen LogP contribution >= 0.6 is 0 Å². The number of ether oxygens (including phenoxy) is 1. The molecule has 4 rings (SSSR count). The number of amides is 1. The molecule has 0 aromatic heterocycles. The first kappa shape index (κ1) is 26.8. The van der Waals surface area contributed by atoms with E-state index < -0.39 is 11.8 Å². The average molecular weight is 503 g/mol. The van der Waals surface area contributed by atoms with Crippen LogP contribution < -0.4 is 5.73 Å². The van der Waals surface area contributed by atoms with Crippen molar-refractivity contribution >= 4 is 11.7 Å². The molecule has 1 aliphatic heterocycles. The predicted molar refractivity (Wildman–Crippen MR) is 141 cm³/mol. The fraction of sp³-hybridized carbons (Fsp3) is 0.323. The number of hydrogen-bond donors (Lipinski definition) is 1. The Kier molecular flexibility index (Phi) is 8.93. The number of hydrogen-bond acceptors (Lipinski definition) is 3. The molecule has 4 radical (unpaired) electrons. The number of piperidine rings is 1. The Hall–Kier alpha value is -3.25. The molecule has 0 spiro atoms. The topological polar surface area (TPSA) is 55.6 Å². The Balaban J connectivity index is 1.53. The number of carbonyl (C=O) groups excluding carboxylic acids is 1. The van der Waals surface area contributed by atoms with E-state index in [0.717, 1.165) is 36.1 Å². The molecule has 0 saturated carbocycles. The number of primary amides is 1. The highest BCUT2D eigenvalue weighted by Gasteiger charge is 2.43. The van der Waals surface area contributed by atoms with Crippen molar-refractivity contribution in [3.63, 3.8) is 0 Å². The van der Waals surface area contributed by atoms with Gasteiger partial charge in [0.15, 0.2) is 5.72 Å². The molecule has 1 heterocycles. The summed E-state index contributed by atoms with van der Waals surface area (Å²) >= 11 is 0. The number of allylic oxidation sites excluding steroid dienone is 4. The van der Waals surface area contributed by atoms with Gasteiger partial charge in [-0.15, -0.1) is 0 Å². The summed E-state index contributed by atoms with van der Waals surface area (Å²) in [4.78, 5) is 14.2. The van der Waals surface area contributed by atoms with Gasteiger partial charge in [-0.25, -0.2) is 13.6 Å². The number of nitrogens with two attached hydrogens (primary N) is 1. The summed E-state index contributed by atoms with van der Waals surface area (Å²) in [5, 5.41) is 0. The maximum Gasteiger partial charge on any atom is 0.406 e. The molecule has 4 nitrogen and oxygen atoms in total. The highest BCUT2D eigenvalue weighted by molar-refractivity contribution is 5.79. The van der Waals surface area contributed by atoms with Crippen LogP contribution in [-0.4, -0.2) is 29.8 Å². The van der Waals surface area contributed by atoms with Crippen LogP contribution in [0.1, 0.15) is 50.2 Å². The minimum absolute atomic E-state index is 0.312. The molecule has 0 bridgehead atoms. The summed E-state index contributed by atoms with van der Waals surface area (Å²) in [6.07, 6.45) is 16.9. The monoisotopic (exact) mass is 502 g/mol. The summed E-state index contributed by atoms with van der Waals surface area (Å²) in [6, 6.07) is 12.6. The summed E-state index contributed by atoms with van der Waals surface area (Å²) in [6.45, 7) is 3.43. The van der Waals surface area contributed by atoms with E-state index in [9.17, 15) is 13.6 Å². The van der Waals surface area contributed by atoms with Crippen LogP contribution in [-0.2, 0) is 4.74 Å². The van der Waals surface area contributed by atoms with Crippen molar-refractivity contribution in [2.45, 2.75) is 44.8 Å². The normalized spacial score (nSPS) is 21.8. The van der Waals surface area contributed by atoms with Gasteiger partial charge in [-0.05, 0) is 72.6 Å². The molecular formula is C31H32F2N2O2.